The smallest absolute Gasteiger partial charge is 0.0162 e. The zero-order chi connectivity index (χ0) is 7.73. The highest BCUT2D eigenvalue weighted by molar-refractivity contribution is 5.16. The van der Waals surface area contributed by atoms with Crippen LogP contribution in [0.1, 0.15) is 13.3 Å². The third-order valence-corrected chi connectivity index (χ3v) is 2.71. The van der Waals surface area contributed by atoms with Crippen LogP contribution in [0.25, 0.3) is 0 Å². The molecule has 0 atom stereocenters. The molecule has 0 radical (unpaired) electrons. The lowest BCUT2D eigenvalue weighted by Gasteiger charge is -2.40. The van der Waals surface area contributed by atoms with Gasteiger partial charge in [0.05, 0.1) is 0 Å². The van der Waals surface area contributed by atoms with Gasteiger partial charge in [0, 0.05) is 25.0 Å². The second-order valence-electron chi connectivity index (χ2n) is 3.88. The molecule has 0 aromatic heterocycles. The Kier molecular flexibility index (Phi) is 1.74. The Bertz CT molecular complexity index is 180. The van der Waals surface area contributed by atoms with E-state index in [0.717, 1.165) is 6.54 Å². The van der Waals surface area contributed by atoms with Gasteiger partial charge in [-0.2, -0.15) is 0 Å². The predicted molar refractivity (Wildman–Crippen MR) is 46.5 cm³/mol. The molecule has 0 aliphatic carbocycles. The molecule has 0 unspecified atom stereocenters. The molecule has 0 bridgehead atoms. The molecule has 0 aromatic rings. The normalized spacial score (nSPS) is 29.0. The quantitative estimate of drug-likeness (QED) is 0.494. The number of rotatable bonds is 0. The van der Waals surface area contributed by atoms with Crippen molar-refractivity contribution in [3.8, 4) is 0 Å². The lowest BCUT2D eigenvalue weighted by molar-refractivity contribution is 0.223. The molecule has 0 saturated carbocycles. The Morgan fingerprint density at radius 1 is 1.36 bits per heavy atom. The highest BCUT2D eigenvalue weighted by Crippen LogP contribution is 2.30. The van der Waals surface area contributed by atoms with E-state index in [1.165, 1.54) is 31.6 Å². The van der Waals surface area contributed by atoms with E-state index in [1.807, 2.05) is 0 Å². The first-order valence-electron chi connectivity index (χ1n) is 4.41. The first kappa shape index (κ1) is 7.32. The molecule has 2 nitrogen and oxygen atoms in total. The fourth-order valence-electron chi connectivity index (χ4n) is 1.99. The average molecular weight is 152 g/mol. The molecule has 1 fully saturated rings. The number of hydrogen-bond donors (Lipinski definition) is 2. The zero-order valence-electron chi connectivity index (χ0n) is 7.11. The van der Waals surface area contributed by atoms with E-state index < -0.39 is 0 Å². The van der Waals surface area contributed by atoms with Crippen LogP contribution in [-0.4, -0.2) is 26.2 Å². The Hall–Kier alpha value is -0.340. The summed E-state index contributed by atoms with van der Waals surface area (Å²) in [6.45, 7) is 6.85. The maximum absolute atomic E-state index is 3.42. The molecular formula is C9H16N2. The van der Waals surface area contributed by atoms with E-state index in [-0.39, 0.29) is 0 Å². The minimum absolute atomic E-state index is 0.521. The second-order valence-corrected chi connectivity index (χ2v) is 3.88. The molecule has 1 saturated heterocycles. The topological polar surface area (TPSA) is 24.1 Å². The third-order valence-electron chi connectivity index (χ3n) is 2.71. The third kappa shape index (κ3) is 1.33. The van der Waals surface area contributed by atoms with Crippen molar-refractivity contribution in [3.63, 3.8) is 0 Å². The van der Waals surface area contributed by atoms with Gasteiger partial charge in [0.2, 0.25) is 0 Å². The highest BCUT2D eigenvalue weighted by atomic mass is 15.0. The molecule has 2 rings (SSSR count). The van der Waals surface area contributed by atoms with Crippen molar-refractivity contribution >= 4 is 0 Å². The summed E-state index contributed by atoms with van der Waals surface area (Å²) in [4.78, 5) is 0. The molecular weight excluding hydrogens is 136 g/mol. The van der Waals surface area contributed by atoms with Gasteiger partial charge in [-0.1, -0.05) is 11.6 Å². The lowest BCUT2D eigenvalue weighted by Crippen LogP contribution is -2.52. The number of hydrogen-bond acceptors (Lipinski definition) is 2. The van der Waals surface area contributed by atoms with Crippen LogP contribution < -0.4 is 10.6 Å². The van der Waals surface area contributed by atoms with Crippen LogP contribution in [0.4, 0.5) is 0 Å². The van der Waals surface area contributed by atoms with Crippen LogP contribution in [0, 0.1) is 5.41 Å². The molecule has 1 spiro atoms. The van der Waals surface area contributed by atoms with Crippen LogP contribution in [0.3, 0.4) is 0 Å². The molecule has 2 aliphatic heterocycles. The van der Waals surface area contributed by atoms with Gasteiger partial charge in [0.25, 0.3) is 0 Å². The number of nitrogens with one attached hydrogen (secondary N) is 2. The van der Waals surface area contributed by atoms with Gasteiger partial charge in [-0.05, 0) is 19.9 Å². The molecule has 11 heavy (non-hydrogen) atoms. The van der Waals surface area contributed by atoms with Gasteiger partial charge < -0.3 is 10.6 Å². The summed E-state index contributed by atoms with van der Waals surface area (Å²) in [6.07, 6.45) is 3.76. The van der Waals surface area contributed by atoms with Crippen LogP contribution in [-0.2, 0) is 0 Å². The molecule has 2 aliphatic rings. The highest BCUT2D eigenvalue weighted by Gasteiger charge is 2.34. The molecule has 0 aromatic carbocycles. The van der Waals surface area contributed by atoms with E-state index in [0.29, 0.717) is 5.41 Å². The van der Waals surface area contributed by atoms with Crippen molar-refractivity contribution in [1.82, 2.24) is 10.6 Å². The first-order valence-corrected chi connectivity index (χ1v) is 4.41. The van der Waals surface area contributed by atoms with Gasteiger partial charge in [0.15, 0.2) is 0 Å². The van der Waals surface area contributed by atoms with Crippen molar-refractivity contribution in [3.05, 3.63) is 11.6 Å². The fraction of sp³-hybridized carbons (Fsp3) is 0.778. The summed E-state index contributed by atoms with van der Waals surface area (Å²) in [5.74, 6) is 0. The van der Waals surface area contributed by atoms with Gasteiger partial charge in [-0.15, -0.1) is 0 Å². The minimum atomic E-state index is 0.521. The average Bonchev–Trinajstić information content (AvgIpc) is 2.09. The van der Waals surface area contributed by atoms with Crippen molar-refractivity contribution in [2.75, 3.05) is 26.2 Å². The van der Waals surface area contributed by atoms with Crippen molar-refractivity contribution < 1.29 is 0 Å². The van der Waals surface area contributed by atoms with E-state index in [2.05, 4.69) is 23.6 Å². The second kappa shape index (κ2) is 2.61. The van der Waals surface area contributed by atoms with Crippen molar-refractivity contribution in [2.45, 2.75) is 13.3 Å². The largest absolute Gasteiger partial charge is 0.315 e. The zero-order valence-corrected chi connectivity index (χ0v) is 7.11. The van der Waals surface area contributed by atoms with Crippen molar-refractivity contribution in [2.24, 2.45) is 5.41 Å². The van der Waals surface area contributed by atoms with Crippen LogP contribution in [0.5, 0.6) is 0 Å². The summed E-state index contributed by atoms with van der Waals surface area (Å²) in [7, 11) is 0. The van der Waals surface area contributed by atoms with Gasteiger partial charge >= 0.3 is 0 Å². The van der Waals surface area contributed by atoms with E-state index in [4.69, 9.17) is 0 Å². The molecule has 2 heteroatoms. The summed E-state index contributed by atoms with van der Waals surface area (Å²) < 4.78 is 0. The lowest BCUT2D eigenvalue weighted by atomic mass is 9.78. The van der Waals surface area contributed by atoms with Crippen LogP contribution in [0.2, 0.25) is 0 Å². The van der Waals surface area contributed by atoms with Crippen molar-refractivity contribution in [1.29, 1.82) is 0 Å². The van der Waals surface area contributed by atoms with Crippen LogP contribution >= 0.6 is 0 Å². The molecule has 62 valence electrons. The Morgan fingerprint density at radius 2 is 2.18 bits per heavy atom. The summed E-state index contributed by atoms with van der Waals surface area (Å²) >= 11 is 0. The Labute approximate surface area is 68.1 Å². The Balaban J connectivity index is 2.12. The summed E-state index contributed by atoms with van der Waals surface area (Å²) in [5, 5.41) is 6.77. The fourth-order valence-corrected chi connectivity index (χ4v) is 1.99. The monoisotopic (exact) mass is 152 g/mol. The van der Waals surface area contributed by atoms with Gasteiger partial charge in [0.1, 0.15) is 0 Å². The van der Waals surface area contributed by atoms with E-state index in [9.17, 15) is 0 Å². The first-order chi connectivity index (χ1) is 5.31. The standard InChI is InChI=1S/C9H16N2/c1-8-4-9(6-11-7-9)2-3-10-5-8/h4,10-11H,2-3,5-7H2,1H3. The van der Waals surface area contributed by atoms with E-state index >= 15 is 0 Å². The summed E-state index contributed by atoms with van der Waals surface area (Å²) in [6, 6.07) is 0. The molecule has 2 N–H and O–H groups in total. The minimum Gasteiger partial charge on any atom is -0.315 e. The summed E-state index contributed by atoms with van der Waals surface area (Å²) in [5.41, 5.74) is 2.03. The molecule has 0 amide bonds. The molecule has 2 heterocycles. The Morgan fingerprint density at radius 3 is 2.82 bits per heavy atom. The maximum atomic E-state index is 3.42. The predicted octanol–water partition coefficient (Wildman–Crippen LogP) is 0.516. The maximum Gasteiger partial charge on any atom is 0.0162 e. The van der Waals surface area contributed by atoms with Gasteiger partial charge in [-0.3, -0.25) is 0 Å². The van der Waals surface area contributed by atoms with E-state index in [1.54, 1.807) is 0 Å². The van der Waals surface area contributed by atoms with Crippen LogP contribution in [0.15, 0.2) is 11.6 Å². The SMILES string of the molecule is CC1=CC2(CCNC1)CNC2. The van der Waals surface area contributed by atoms with Gasteiger partial charge in [-0.25, -0.2) is 0 Å².